The topological polar surface area (TPSA) is 67.8 Å². The lowest BCUT2D eigenvalue weighted by Crippen LogP contribution is -2.40. The molecule has 0 aliphatic heterocycles. The molecule has 0 heterocycles. The van der Waals surface area contributed by atoms with Crippen LogP contribution >= 0.6 is 0 Å². The highest BCUT2D eigenvalue weighted by atomic mass is 16.5. The molecular formula is C18H29NO4. The molecule has 1 aromatic carbocycles. The third kappa shape index (κ3) is 5.13. The van der Waals surface area contributed by atoms with Gasteiger partial charge in [-0.25, -0.2) is 0 Å². The Morgan fingerprint density at radius 3 is 2.22 bits per heavy atom. The zero-order chi connectivity index (χ0) is 17.3. The van der Waals surface area contributed by atoms with Crippen molar-refractivity contribution >= 4 is 5.97 Å². The lowest BCUT2D eigenvalue weighted by molar-refractivity contribution is -0.149. The van der Waals surface area contributed by atoms with Crippen LogP contribution in [0.4, 0.5) is 0 Å². The smallest absolute Gasteiger partial charge is 0.310 e. The van der Waals surface area contributed by atoms with Crippen molar-refractivity contribution in [2.75, 3.05) is 19.8 Å². The van der Waals surface area contributed by atoms with Crippen LogP contribution in [-0.4, -0.2) is 30.8 Å². The van der Waals surface area contributed by atoms with E-state index in [1.54, 1.807) is 0 Å². The molecular weight excluding hydrogens is 294 g/mol. The Bertz CT molecular complexity index is 498. The van der Waals surface area contributed by atoms with E-state index in [2.05, 4.69) is 5.32 Å². The SMILES string of the molecule is CCOc1ccc(CNCC(CC)(CC)C(=O)O)cc1OCC. The number of carbonyl (C=O) groups is 1. The summed E-state index contributed by atoms with van der Waals surface area (Å²) in [5.74, 6) is 0.723. The van der Waals surface area contributed by atoms with Crippen molar-refractivity contribution < 1.29 is 19.4 Å². The number of nitrogens with one attached hydrogen (secondary N) is 1. The van der Waals surface area contributed by atoms with Crippen LogP contribution in [0.1, 0.15) is 46.1 Å². The van der Waals surface area contributed by atoms with Crippen LogP contribution in [0.2, 0.25) is 0 Å². The van der Waals surface area contributed by atoms with Gasteiger partial charge in [0.15, 0.2) is 11.5 Å². The van der Waals surface area contributed by atoms with Gasteiger partial charge in [0.1, 0.15) is 0 Å². The zero-order valence-corrected chi connectivity index (χ0v) is 14.6. The minimum absolute atomic E-state index is 0.451. The first-order valence-electron chi connectivity index (χ1n) is 8.35. The van der Waals surface area contributed by atoms with E-state index in [1.807, 2.05) is 45.9 Å². The second kappa shape index (κ2) is 9.40. The predicted molar refractivity (Wildman–Crippen MR) is 91.1 cm³/mol. The zero-order valence-electron chi connectivity index (χ0n) is 14.6. The Morgan fingerprint density at radius 1 is 1.09 bits per heavy atom. The van der Waals surface area contributed by atoms with Crippen LogP contribution in [0.3, 0.4) is 0 Å². The molecule has 0 spiro atoms. The van der Waals surface area contributed by atoms with Crippen molar-refractivity contribution in [2.24, 2.45) is 5.41 Å². The quantitative estimate of drug-likeness (QED) is 0.653. The van der Waals surface area contributed by atoms with Gasteiger partial charge >= 0.3 is 5.97 Å². The summed E-state index contributed by atoms with van der Waals surface area (Å²) in [6, 6.07) is 5.82. The van der Waals surface area contributed by atoms with E-state index < -0.39 is 11.4 Å². The summed E-state index contributed by atoms with van der Waals surface area (Å²) < 4.78 is 11.2. The summed E-state index contributed by atoms with van der Waals surface area (Å²) in [7, 11) is 0. The van der Waals surface area contributed by atoms with Crippen LogP contribution in [0.5, 0.6) is 11.5 Å². The van der Waals surface area contributed by atoms with E-state index in [1.165, 1.54) is 0 Å². The molecule has 0 fully saturated rings. The molecule has 130 valence electrons. The van der Waals surface area contributed by atoms with Crippen molar-refractivity contribution in [1.82, 2.24) is 5.32 Å². The van der Waals surface area contributed by atoms with Crippen LogP contribution in [0.25, 0.3) is 0 Å². The van der Waals surface area contributed by atoms with Gasteiger partial charge in [-0.1, -0.05) is 19.9 Å². The fourth-order valence-corrected chi connectivity index (χ4v) is 2.53. The highest BCUT2D eigenvalue weighted by Gasteiger charge is 2.34. The predicted octanol–water partition coefficient (Wildman–Crippen LogP) is 3.46. The van der Waals surface area contributed by atoms with E-state index in [0.717, 1.165) is 17.1 Å². The van der Waals surface area contributed by atoms with Crippen molar-refractivity contribution in [1.29, 1.82) is 0 Å². The molecule has 0 aromatic heterocycles. The fraction of sp³-hybridized carbons (Fsp3) is 0.611. The summed E-state index contributed by atoms with van der Waals surface area (Å²) in [5.41, 5.74) is 0.344. The molecule has 2 N–H and O–H groups in total. The maximum Gasteiger partial charge on any atom is 0.310 e. The number of carboxylic acid groups (broad SMARTS) is 1. The summed E-state index contributed by atoms with van der Waals surface area (Å²) in [4.78, 5) is 11.5. The monoisotopic (exact) mass is 323 g/mol. The van der Waals surface area contributed by atoms with Gasteiger partial charge in [0.25, 0.3) is 0 Å². The van der Waals surface area contributed by atoms with E-state index in [0.29, 0.717) is 39.1 Å². The van der Waals surface area contributed by atoms with Gasteiger partial charge in [-0.05, 0) is 44.4 Å². The summed E-state index contributed by atoms with van der Waals surface area (Å²) in [5, 5.41) is 12.7. The highest BCUT2D eigenvalue weighted by Crippen LogP contribution is 2.29. The van der Waals surface area contributed by atoms with E-state index >= 15 is 0 Å². The van der Waals surface area contributed by atoms with Crippen molar-refractivity contribution in [3.8, 4) is 11.5 Å². The number of benzene rings is 1. The second-order valence-electron chi connectivity index (χ2n) is 5.54. The van der Waals surface area contributed by atoms with E-state index in [-0.39, 0.29) is 0 Å². The van der Waals surface area contributed by atoms with Gasteiger partial charge in [0.05, 0.1) is 18.6 Å². The first-order valence-corrected chi connectivity index (χ1v) is 8.35. The summed E-state index contributed by atoms with van der Waals surface area (Å²) in [6.45, 7) is 9.92. The molecule has 5 heteroatoms. The maximum absolute atomic E-state index is 11.5. The number of rotatable bonds is 11. The Labute approximate surface area is 139 Å². The minimum Gasteiger partial charge on any atom is -0.490 e. The molecule has 5 nitrogen and oxygen atoms in total. The standard InChI is InChI=1S/C18H29NO4/c1-5-18(6-2,17(20)21)13-19-12-14-9-10-15(22-7-3)16(11-14)23-8-4/h9-11,19H,5-8,12-13H2,1-4H3,(H,20,21). The molecule has 0 unspecified atom stereocenters. The Hall–Kier alpha value is -1.75. The molecule has 0 amide bonds. The second-order valence-corrected chi connectivity index (χ2v) is 5.54. The third-order valence-corrected chi connectivity index (χ3v) is 4.21. The van der Waals surface area contributed by atoms with Crippen LogP contribution in [0.15, 0.2) is 18.2 Å². The lowest BCUT2D eigenvalue weighted by Gasteiger charge is -2.27. The van der Waals surface area contributed by atoms with Crippen LogP contribution in [0, 0.1) is 5.41 Å². The van der Waals surface area contributed by atoms with E-state index in [9.17, 15) is 9.90 Å². The number of hydrogen-bond acceptors (Lipinski definition) is 4. The van der Waals surface area contributed by atoms with Gasteiger partial charge in [0.2, 0.25) is 0 Å². The van der Waals surface area contributed by atoms with Crippen molar-refractivity contribution in [3.05, 3.63) is 23.8 Å². The molecule has 1 rings (SSSR count). The van der Waals surface area contributed by atoms with Crippen LogP contribution < -0.4 is 14.8 Å². The summed E-state index contributed by atoms with van der Waals surface area (Å²) >= 11 is 0. The van der Waals surface area contributed by atoms with Crippen molar-refractivity contribution in [2.45, 2.75) is 47.1 Å². The number of ether oxygens (including phenoxy) is 2. The molecule has 0 aliphatic rings. The first kappa shape index (κ1) is 19.3. The fourth-order valence-electron chi connectivity index (χ4n) is 2.53. The van der Waals surface area contributed by atoms with Gasteiger partial charge in [-0.2, -0.15) is 0 Å². The number of carboxylic acids is 1. The van der Waals surface area contributed by atoms with Gasteiger partial charge in [-0.3, -0.25) is 4.79 Å². The molecule has 0 radical (unpaired) electrons. The first-order chi connectivity index (χ1) is 11.0. The third-order valence-electron chi connectivity index (χ3n) is 4.21. The Morgan fingerprint density at radius 2 is 1.70 bits per heavy atom. The number of aliphatic carboxylic acids is 1. The number of hydrogen-bond donors (Lipinski definition) is 2. The van der Waals surface area contributed by atoms with Gasteiger partial charge in [0, 0.05) is 13.1 Å². The Balaban J connectivity index is 2.74. The van der Waals surface area contributed by atoms with Gasteiger partial charge in [-0.15, -0.1) is 0 Å². The maximum atomic E-state index is 11.5. The molecule has 0 aliphatic carbocycles. The molecule has 23 heavy (non-hydrogen) atoms. The normalized spacial score (nSPS) is 11.3. The minimum atomic E-state index is -0.739. The van der Waals surface area contributed by atoms with Crippen LogP contribution in [-0.2, 0) is 11.3 Å². The molecule has 0 atom stereocenters. The van der Waals surface area contributed by atoms with Gasteiger partial charge < -0.3 is 19.9 Å². The lowest BCUT2D eigenvalue weighted by atomic mass is 9.82. The Kier molecular flexibility index (Phi) is 7.89. The average molecular weight is 323 g/mol. The average Bonchev–Trinajstić information content (AvgIpc) is 2.54. The van der Waals surface area contributed by atoms with Crippen molar-refractivity contribution in [3.63, 3.8) is 0 Å². The molecule has 0 saturated carbocycles. The highest BCUT2D eigenvalue weighted by molar-refractivity contribution is 5.74. The largest absolute Gasteiger partial charge is 0.490 e. The molecule has 1 aromatic rings. The summed E-state index contributed by atoms with van der Waals surface area (Å²) in [6.07, 6.45) is 1.22. The molecule has 0 bridgehead atoms. The van der Waals surface area contributed by atoms with E-state index in [4.69, 9.17) is 9.47 Å². The molecule has 0 saturated heterocycles.